The van der Waals surface area contributed by atoms with Crippen LogP contribution in [0.25, 0.3) is 0 Å². The molecular weight excluding hydrogens is 454 g/mol. The molecule has 0 atom stereocenters. The molecule has 0 aliphatic carbocycles. The average molecular weight is 488 g/mol. The maximum absolute atomic E-state index is 12.8. The molecule has 0 bridgehead atoms. The van der Waals surface area contributed by atoms with Gasteiger partial charge in [0.2, 0.25) is 0 Å². The molecule has 0 unspecified atom stereocenters. The molecule has 0 spiro atoms. The third kappa shape index (κ3) is 6.33. The number of fused-ring (bicyclic) bond motifs is 1. The SMILES string of the molecule is CN(Sc1ccc(NC(=O)c2ccc(CN3CCc4ccccc4C3)cc2)cc1)C1CCOCC1. The van der Waals surface area contributed by atoms with Crippen molar-refractivity contribution in [2.75, 3.05) is 32.1 Å². The van der Waals surface area contributed by atoms with Crippen LogP contribution >= 0.6 is 11.9 Å². The standard InChI is InChI=1S/C29H33N3O2S/c1-31(27-15-18-34-19-16-27)35-28-12-10-26(11-13-28)30-29(33)24-8-6-22(7-9-24)20-32-17-14-23-4-2-3-5-25(23)21-32/h2-13,27H,14-21H2,1H3,(H,30,33). The lowest BCUT2D eigenvalue weighted by atomic mass is 9.99. The molecule has 1 fully saturated rings. The first-order valence-corrected chi connectivity index (χ1v) is 13.2. The minimum atomic E-state index is -0.0804. The summed E-state index contributed by atoms with van der Waals surface area (Å²) in [6, 6.07) is 25.3. The highest BCUT2D eigenvalue weighted by atomic mass is 32.2. The van der Waals surface area contributed by atoms with Crippen molar-refractivity contribution in [2.45, 2.75) is 43.3 Å². The van der Waals surface area contributed by atoms with E-state index in [1.54, 1.807) is 11.9 Å². The average Bonchev–Trinajstić information content (AvgIpc) is 2.90. The van der Waals surface area contributed by atoms with Crippen LogP contribution in [0.1, 0.15) is 39.9 Å². The molecule has 3 aromatic rings. The van der Waals surface area contributed by atoms with Crippen LogP contribution in [0.4, 0.5) is 5.69 Å². The van der Waals surface area contributed by atoms with Crippen molar-refractivity contribution >= 4 is 23.5 Å². The van der Waals surface area contributed by atoms with E-state index in [1.165, 1.54) is 21.6 Å². The van der Waals surface area contributed by atoms with Gasteiger partial charge in [-0.1, -0.05) is 36.4 Å². The number of hydrogen-bond acceptors (Lipinski definition) is 5. The first kappa shape index (κ1) is 24.1. The van der Waals surface area contributed by atoms with E-state index in [2.05, 4.69) is 70.1 Å². The lowest BCUT2D eigenvalue weighted by Crippen LogP contribution is -2.32. The van der Waals surface area contributed by atoms with E-state index in [0.717, 1.165) is 57.8 Å². The number of nitrogens with one attached hydrogen (secondary N) is 1. The lowest BCUT2D eigenvalue weighted by Gasteiger charge is -2.30. The van der Waals surface area contributed by atoms with Gasteiger partial charge in [0.25, 0.3) is 5.91 Å². The molecule has 1 N–H and O–H groups in total. The maximum Gasteiger partial charge on any atom is 0.255 e. The lowest BCUT2D eigenvalue weighted by molar-refractivity contribution is 0.0652. The number of benzene rings is 3. The Morgan fingerprint density at radius 2 is 1.71 bits per heavy atom. The van der Waals surface area contributed by atoms with Crippen molar-refractivity contribution < 1.29 is 9.53 Å². The van der Waals surface area contributed by atoms with Crippen molar-refractivity contribution in [3.8, 4) is 0 Å². The van der Waals surface area contributed by atoms with E-state index in [-0.39, 0.29) is 5.91 Å². The summed E-state index contributed by atoms with van der Waals surface area (Å²) in [5.74, 6) is -0.0804. The van der Waals surface area contributed by atoms with Crippen LogP contribution in [0.15, 0.2) is 77.7 Å². The smallest absolute Gasteiger partial charge is 0.255 e. The van der Waals surface area contributed by atoms with Gasteiger partial charge in [-0.3, -0.25) is 9.69 Å². The summed E-state index contributed by atoms with van der Waals surface area (Å²) in [6.07, 6.45) is 3.24. The van der Waals surface area contributed by atoms with E-state index in [4.69, 9.17) is 4.74 Å². The molecule has 2 heterocycles. The van der Waals surface area contributed by atoms with Gasteiger partial charge in [-0.2, -0.15) is 0 Å². The number of amides is 1. The summed E-state index contributed by atoms with van der Waals surface area (Å²) in [5.41, 5.74) is 5.61. The summed E-state index contributed by atoms with van der Waals surface area (Å²) in [4.78, 5) is 16.4. The summed E-state index contributed by atoms with van der Waals surface area (Å²) in [5, 5.41) is 3.03. The van der Waals surface area contributed by atoms with Crippen molar-refractivity contribution in [1.82, 2.24) is 9.21 Å². The number of ether oxygens (including phenoxy) is 1. The molecule has 2 aliphatic rings. The zero-order chi connectivity index (χ0) is 24.0. The Morgan fingerprint density at radius 1 is 1.00 bits per heavy atom. The van der Waals surface area contributed by atoms with E-state index >= 15 is 0 Å². The molecule has 5 rings (SSSR count). The van der Waals surface area contributed by atoms with Crippen LogP contribution in [-0.4, -0.2) is 48.0 Å². The van der Waals surface area contributed by atoms with Crippen LogP contribution in [0.2, 0.25) is 0 Å². The molecule has 5 nitrogen and oxygen atoms in total. The fourth-order valence-corrected chi connectivity index (χ4v) is 5.75. The second-order valence-electron chi connectivity index (χ2n) is 9.39. The maximum atomic E-state index is 12.8. The molecule has 2 aliphatic heterocycles. The zero-order valence-corrected chi connectivity index (χ0v) is 21.1. The summed E-state index contributed by atoms with van der Waals surface area (Å²) in [6.45, 7) is 4.64. The third-order valence-electron chi connectivity index (χ3n) is 6.90. The number of carbonyl (C=O) groups excluding carboxylic acids is 1. The number of hydrogen-bond donors (Lipinski definition) is 1. The molecular formula is C29H33N3O2S. The first-order chi connectivity index (χ1) is 17.1. The molecule has 0 aromatic heterocycles. The second kappa shape index (κ2) is 11.4. The molecule has 0 saturated carbocycles. The minimum absolute atomic E-state index is 0.0804. The largest absolute Gasteiger partial charge is 0.381 e. The first-order valence-electron chi connectivity index (χ1n) is 12.4. The summed E-state index contributed by atoms with van der Waals surface area (Å²) >= 11 is 1.75. The van der Waals surface area contributed by atoms with Gasteiger partial charge < -0.3 is 10.1 Å². The number of rotatable bonds is 7. The second-order valence-corrected chi connectivity index (χ2v) is 10.6. The predicted molar refractivity (Wildman–Crippen MR) is 143 cm³/mol. The van der Waals surface area contributed by atoms with Gasteiger partial charge in [0.05, 0.1) is 0 Å². The van der Waals surface area contributed by atoms with E-state index in [0.29, 0.717) is 11.6 Å². The summed E-state index contributed by atoms with van der Waals surface area (Å²) < 4.78 is 7.78. The molecule has 1 amide bonds. The van der Waals surface area contributed by atoms with Gasteiger partial charge >= 0.3 is 0 Å². The van der Waals surface area contributed by atoms with Crippen molar-refractivity contribution in [3.63, 3.8) is 0 Å². The van der Waals surface area contributed by atoms with Gasteiger partial charge in [0, 0.05) is 55.0 Å². The molecule has 1 saturated heterocycles. The Labute approximate surface area is 212 Å². The van der Waals surface area contributed by atoms with Gasteiger partial charge in [-0.05, 0) is 91.3 Å². The monoisotopic (exact) mass is 487 g/mol. The van der Waals surface area contributed by atoms with Crippen LogP contribution in [0.5, 0.6) is 0 Å². The molecule has 3 aromatic carbocycles. The summed E-state index contributed by atoms with van der Waals surface area (Å²) in [7, 11) is 2.14. The predicted octanol–water partition coefficient (Wildman–Crippen LogP) is 5.62. The highest BCUT2D eigenvalue weighted by molar-refractivity contribution is 7.97. The third-order valence-corrected chi connectivity index (χ3v) is 7.97. The minimum Gasteiger partial charge on any atom is -0.381 e. The Kier molecular flexibility index (Phi) is 7.84. The highest BCUT2D eigenvalue weighted by Crippen LogP contribution is 2.28. The number of anilines is 1. The Bertz CT molecular complexity index is 1130. The van der Waals surface area contributed by atoms with Crippen molar-refractivity contribution in [1.29, 1.82) is 0 Å². The van der Waals surface area contributed by atoms with Gasteiger partial charge in [0.15, 0.2) is 0 Å². The Balaban J connectivity index is 1.12. The molecule has 6 heteroatoms. The van der Waals surface area contributed by atoms with Crippen molar-refractivity contribution in [2.24, 2.45) is 0 Å². The van der Waals surface area contributed by atoms with Crippen LogP contribution in [0, 0.1) is 0 Å². The Morgan fingerprint density at radius 3 is 2.46 bits per heavy atom. The zero-order valence-electron chi connectivity index (χ0n) is 20.3. The highest BCUT2D eigenvalue weighted by Gasteiger charge is 2.19. The molecule has 35 heavy (non-hydrogen) atoms. The topological polar surface area (TPSA) is 44.8 Å². The van der Waals surface area contributed by atoms with Crippen LogP contribution in [0.3, 0.4) is 0 Å². The van der Waals surface area contributed by atoms with Gasteiger partial charge in [-0.25, -0.2) is 4.31 Å². The van der Waals surface area contributed by atoms with Gasteiger partial charge in [0.1, 0.15) is 0 Å². The quantitative estimate of drug-likeness (QED) is 0.439. The molecule has 182 valence electrons. The normalized spacial score (nSPS) is 16.7. The van der Waals surface area contributed by atoms with E-state index < -0.39 is 0 Å². The Hall–Kier alpha value is -2.64. The van der Waals surface area contributed by atoms with Gasteiger partial charge in [-0.15, -0.1) is 0 Å². The fraction of sp³-hybridized carbons (Fsp3) is 0.345. The van der Waals surface area contributed by atoms with Crippen molar-refractivity contribution in [3.05, 3.63) is 95.1 Å². The van der Waals surface area contributed by atoms with Crippen LogP contribution in [-0.2, 0) is 24.2 Å². The fourth-order valence-electron chi connectivity index (χ4n) is 4.80. The van der Waals surface area contributed by atoms with Crippen LogP contribution < -0.4 is 5.32 Å². The molecule has 0 radical (unpaired) electrons. The van der Waals surface area contributed by atoms with E-state index in [1.807, 2.05) is 24.3 Å². The van der Waals surface area contributed by atoms with E-state index in [9.17, 15) is 4.79 Å². The number of carbonyl (C=O) groups is 1. The number of nitrogens with zero attached hydrogens (tertiary/aromatic N) is 2.